The molecule has 1 nitrogen and oxygen atoms in total. The van der Waals surface area contributed by atoms with Gasteiger partial charge < -0.3 is 0 Å². The van der Waals surface area contributed by atoms with E-state index in [0.29, 0.717) is 0 Å². The van der Waals surface area contributed by atoms with E-state index in [4.69, 9.17) is 0 Å². The Morgan fingerprint density at radius 1 is 0.475 bits per heavy atom. The van der Waals surface area contributed by atoms with Crippen LogP contribution in [0.3, 0.4) is 0 Å². The van der Waals surface area contributed by atoms with Crippen LogP contribution in [0.15, 0.2) is 150 Å². The molecule has 1 atom stereocenters. The van der Waals surface area contributed by atoms with E-state index in [1.807, 2.05) is 12.4 Å². The average Bonchev–Trinajstić information content (AvgIpc) is 3.33. The van der Waals surface area contributed by atoms with Crippen molar-refractivity contribution in [1.82, 2.24) is 4.98 Å². The van der Waals surface area contributed by atoms with E-state index < -0.39 is 5.41 Å². The molecule has 0 saturated heterocycles. The lowest BCUT2D eigenvalue weighted by Crippen LogP contribution is -2.29. The van der Waals surface area contributed by atoms with Crippen molar-refractivity contribution in [3.8, 4) is 22.3 Å². The highest BCUT2D eigenvalue weighted by molar-refractivity contribution is 9.10. The first-order chi connectivity index (χ1) is 19.7. The number of pyridine rings is 1. The smallest absolute Gasteiger partial charge is 0.0729 e. The number of benzene rings is 6. The molecule has 1 aliphatic carbocycles. The lowest BCUT2D eigenvalue weighted by Gasteiger charge is -2.34. The summed E-state index contributed by atoms with van der Waals surface area (Å²) in [6, 6.07) is 48.8. The molecular formula is C38H24BrN. The molecule has 40 heavy (non-hydrogen) atoms. The van der Waals surface area contributed by atoms with Crippen molar-refractivity contribution in [2.75, 3.05) is 0 Å². The Balaban J connectivity index is 1.41. The second-order valence-corrected chi connectivity index (χ2v) is 11.4. The number of hydrogen-bond acceptors (Lipinski definition) is 1. The van der Waals surface area contributed by atoms with Gasteiger partial charge in [0.2, 0.25) is 0 Å². The third kappa shape index (κ3) is 3.36. The van der Waals surface area contributed by atoms with Crippen LogP contribution < -0.4 is 0 Å². The van der Waals surface area contributed by atoms with Crippen LogP contribution in [0, 0.1) is 0 Å². The van der Waals surface area contributed by atoms with Crippen LogP contribution in [-0.2, 0) is 5.41 Å². The van der Waals surface area contributed by atoms with Crippen LogP contribution >= 0.6 is 15.9 Å². The molecule has 8 rings (SSSR count). The Morgan fingerprint density at radius 3 is 1.85 bits per heavy atom. The maximum absolute atomic E-state index is 4.61. The van der Waals surface area contributed by atoms with Gasteiger partial charge in [-0.15, -0.1) is 0 Å². The summed E-state index contributed by atoms with van der Waals surface area (Å²) in [5.74, 6) is 0. The van der Waals surface area contributed by atoms with Crippen molar-refractivity contribution >= 4 is 37.5 Å². The largest absolute Gasteiger partial charge is 0.264 e. The molecule has 0 radical (unpaired) electrons. The summed E-state index contributed by atoms with van der Waals surface area (Å²) in [7, 11) is 0. The van der Waals surface area contributed by atoms with Crippen LogP contribution in [0.5, 0.6) is 0 Å². The number of halogens is 1. The Hall–Kier alpha value is -4.53. The molecule has 1 heterocycles. The van der Waals surface area contributed by atoms with Crippen molar-refractivity contribution in [2.45, 2.75) is 5.41 Å². The second-order valence-electron chi connectivity index (χ2n) is 10.5. The molecule has 0 spiro atoms. The van der Waals surface area contributed by atoms with Crippen LogP contribution in [-0.4, -0.2) is 4.98 Å². The first kappa shape index (κ1) is 23.4. The molecule has 6 aromatic carbocycles. The number of rotatable bonds is 4. The maximum atomic E-state index is 4.61. The van der Waals surface area contributed by atoms with E-state index in [1.54, 1.807) is 0 Å². The van der Waals surface area contributed by atoms with Gasteiger partial charge in [-0.1, -0.05) is 119 Å². The molecule has 0 fully saturated rings. The SMILES string of the molecule is Brc1ccc(-c2ccc(-c3cc4c5c(ccc6cccc(c65)C4(c4ccccc4)c4cccnc4)c3)cc2)cc1. The van der Waals surface area contributed by atoms with Gasteiger partial charge in [-0.3, -0.25) is 4.98 Å². The van der Waals surface area contributed by atoms with Gasteiger partial charge in [0.05, 0.1) is 5.41 Å². The van der Waals surface area contributed by atoms with Crippen LogP contribution in [0.4, 0.5) is 0 Å². The number of aromatic nitrogens is 1. The first-order valence-electron chi connectivity index (χ1n) is 13.6. The van der Waals surface area contributed by atoms with Gasteiger partial charge in [0.15, 0.2) is 0 Å². The lowest BCUT2D eigenvalue weighted by atomic mass is 9.67. The molecule has 7 aromatic rings. The Kier molecular flexibility index (Phi) is 5.26. The molecular weight excluding hydrogens is 550 g/mol. The summed E-state index contributed by atoms with van der Waals surface area (Å²) in [5.41, 5.74) is 9.50. The maximum Gasteiger partial charge on any atom is 0.0729 e. The summed E-state index contributed by atoms with van der Waals surface area (Å²) < 4.78 is 1.09. The van der Waals surface area contributed by atoms with E-state index in [1.165, 1.54) is 66.1 Å². The van der Waals surface area contributed by atoms with Crippen molar-refractivity contribution in [3.63, 3.8) is 0 Å². The van der Waals surface area contributed by atoms with Gasteiger partial charge in [-0.05, 0) is 96.4 Å². The molecule has 188 valence electrons. The van der Waals surface area contributed by atoms with Crippen molar-refractivity contribution < 1.29 is 0 Å². The minimum Gasteiger partial charge on any atom is -0.264 e. The fourth-order valence-electron chi connectivity index (χ4n) is 6.72. The van der Waals surface area contributed by atoms with Crippen LogP contribution in [0.2, 0.25) is 0 Å². The predicted molar refractivity (Wildman–Crippen MR) is 170 cm³/mol. The van der Waals surface area contributed by atoms with Crippen molar-refractivity contribution in [3.05, 3.63) is 173 Å². The summed E-state index contributed by atoms with van der Waals surface area (Å²) in [5, 5.41) is 5.24. The van der Waals surface area contributed by atoms with Crippen LogP contribution in [0.25, 0.3) is 43.8 Å². The third-order valence-electron chi connectivity index (χ3n) is 8.46. The third-order valence-corrected chi connectivity index (χ3v) is 8.99. The quantitative estimate of drug-likeness (QED) is 0.191. The zero-order valence-electron chi connectivity index (χ0n) is 21.7. The minimum atomic E-state index is -0.454. The summed E-state index contributed by atoms with van der Waals surface area (Å²) >= 11 is 3.55. The number of nitrogens with zero attached hydrogens (tertiary/aromatic N) is 1. The fraction of sp³-hybridized carbons (Fsp3) is 0.0263. The Labute approximate surface area is 241 Å². The topological polar surface area (TPSA) is 12.9 Å². The standard InChI is InChI=1S/C38H24BrN/c39-33-19-17-26(18-20-33)25-11-13-27(14-12-25)30-22-29-16-15-28-6-4-10-34-36(28)37(29)35(23-30)38(34,31-7-2-1-3-8-31)32-9-5-21-40-24-32/h1-24H. The molecule has 0 N–H and O–H groups in total. The Morgan fingerprint density at radius 2 is 1.12 bits per heavy atom. The molecule has 1 aliphatic rings. The lowest BCUT2D eigenvalue weighted by molar-refractivity contribution is 0.766. The van der Waals surface area contributed by atoms with E-state index in [-0.39, 0.29) is 0 Å². The minimum absolute atomic E-state index is 0.454. The van der Waals surface area contributed by atoms with E-state index in [0.717, 1.165) is 4.47 Å². The van der Waals surface area contributed by atoms with Gasteiger partial charge in [-0.2, -0.15) is 0 Å². The highest BCUT2D eigenvalue weighted by Gasteiger charge is 2.45. The first-order valence-corrected chi connectivity index (χ1v) is 14.4. The van der Waals surface area contributed by atoms with Gasteiger partial charge in [0.1, 0.15) is 0 Å². The van der Waals surface area contributed by atoms with Gasteiger partial charge in [-0.25, -0.2) is 0 Å². The highest BCUT2D eigenvalue weighted by Crippen LogP contribution is 2.56. The zero-order valence-corrected chi connectivity index (χ0v) is 23.3. The summed E-state index contributed by atoms with van der Waals surface area (Å²) in [4.78, 5) is 4.61. The number of hydrogen-bond donors (Lipinski definition) is 0. The Bertz CT molecular complexity index is 1990. The molecule has 0 bridgehead atoms. The molecule has 0 aliphatic heterocycles. The van der Waals surface area contributed by atoms with Crippen LogP contribution in [0.1, 0.15) is 22.3 Å². The molecule has 1 aromatic heterocycles. The summed E-state index contributed by atoms with van der Waals surface area (Å²) in [6.07, 6.45) is 3.91. The molecule has 1 unspecified atom stereocenters. The summed E-state index contributed by atoms with van der Waals surface area (Å²) in [6.45, 7) is 0. The molecule has 2 heteroatoms. The molecule has 0 saturated carbocycles. The second kappa shape index (κ2) is 9.01. The van der Waals surface area contributed by atoms with Gasteiger partial charge in [0.25, 0.3) is 0 Å². The van der Waals surface area contributed by atoms with E-state index >= 15 is 0 Å². The van der Waals surface area contributed by atoms with Crippen molar-refractivity contribution in [1.29, 1.82) is 0 Å². The average molecular weight is 575 g/mol. The predicted octanol–water partition coefficient (Wildman–Crippen LogP) is 10.2. The van der Waals surface area contributed by atoms with Crippen molar-refractivity contribution in [2.24, 2.45) is 0 Å². The van der Waals surface area contributed by atoms with Gasteiger partial charge >= 0.3 is 0 Å². The normalized spacial score (nSPS) is 15.7. The van der Waals surface area contributed by atoms with E-state index in [9.17, 15) is 0 Å². The monoisotopic (exact) mass is 573 g/mol. The van der Waals surface area contributed by atoms with E-state index in [2.05, 4.69) is 154 Å². The zero-order chi connectivity index (χ0) is 26.7. The fourth-order valence-corrected chi connectivity index (χ4v) is 6.99. The molecule has 0 amide bonds. The van der Waals surface area contributed by atoms with Gasteiger partial charge in [0, 0.05) is 16.9 Å². The highest BCUT2D eigenvalue weighted by atomic mass is 79.9.